The molecule has 0 atom stereocenters. The standard InChI is InChI=1S/C21H19IN2O6/c1-11(2)29-19-15(22)7-13(9-18(19)28-4)8-16-21(25)30-20(23-16)14-6-5-12(3)17(10-14)24(26)27/h5-11H,1-4H3/b16-8-. The highest BCUT2D eigenvalue weighted by molar-refractivity contribution is 14.1. The van der Waals surface area contributed by atoms with E-state index in [2.05, 4.69) is 27.6 Å². The van der Waals surface area contributed by atoms with Crippen LogP contribution < -0.4 is 9.47 Å². The van der Waals surface area contributed by atoms with Crippen molar-refractivity contribution < 1.29 is 23.9 Å². The number of nitrogens with zero attached hydrogens (tertiary/aromatic N) is 2. The number of rotatable bonds is 6. The van der Waals surface area contributed by atoms with E-state index in [1.807, 2.05) is 19.9 Å². The summed E-state index contributed by atoms with van der Waals surface area (Å²) in [5.74, 6) is 0.549. The Morgan fingerprint density at radius 1 is 1.27 bits per heavy atom. The molecule has 0 saturated carbocycles. The number of nitro groups is 1. The Bertz CT molecular complexity index is 1090. The van der Waals surface area contributed by atoms with Crippen LogP contribution in [0.1, 0.15) is 30.5 Å². The molecule has 0 aliphatic carbocycles. The third-order valence-corrected chi connectivity index (χ3v) is 4.98. The zero-order valence-electron chi connectivity index (χ0n) is 16.8. The normalized spacial score (nSPS) is 14.7. The molecule has 2 aromatic rings. The second kappa shape index (κ2) is 8.82. The zero-order valence-corrected chi connectivity index (χ0v) is 18.9. The molecule has 0 fully saturated rings. The first-order chi connectivity index (χ1) is 14.2. The zero-order chi connectivity index (χ0) is 22.0. The van der Waals surface area contributed by atoms with Crippen molar-refractivity contribution >= 4 is 46.2 Å². The van der Waals surface area contributed by atoms with E-state index >= 15 is 0 Å². The number of aryl methyl sites for hydroxylation is 1. The number of ether oxygens (including phenoxy) is 3. The van der Waals surface area contributed by atoms with Crippen LogP contribution in [0.5, 0.6) is 11.5 Å². The Morgan fingerprint density at radius 3 is 2.63 bits per heavy atom. The molecule has 8 nitrogen and oxygen atoms in total. The fraction of sp³-hybridized carbons (Fsp3) is 0.238. The summed E-state index contributed by atoms with van der Waals surface area (Å²) < 4.78 is 17.3. The lowest BCUT2D eigenvalue weighted by Gasteiger charge is -2.15. The van der Waals surface area contributed by atoms with Crippen LogP contribution in [-0.4, -0.2) is 30.0 Å². The molecule has 0 saturated heterocycles. The highest BCUT2D eigenvalue weighted by Gasteiger charge is 2.26. The number of carbonyl (C=O) groups excluding carboxylic acids is 1. The monoisotopic (exact) mass is 522 g/mol. The minimum Gasteiger partial charge on any atom is -0.493 e. The molecular formula is C21H19IN2O6. The Balaban J connectivity index is 1.98. The van der Waals surface area contributed by atoms with Crippen LogP contribution >= 0.6 is 22.6 Å². The van der Waals surface area contributed by atoms with Crippen LogP contribution in [0.15, 0.2) is 41.0 Å². The largest absolute Gasteiger partial charge is 0.493 e. The summed E-state index contributed by atoms with van der Waals surface area (Å²) in [6, 6.07) is 8.14. The Morgan fingerprint density at radius 2 is 2.00 bits per heavy atom. The number of nitro benzene ring substituents is 1. The van der Waals surface area contributed by atoms with Crippen LogP contribution in [0.4, 0.5) is 5.69 Å². The number of cyclic esters (lactones) is 1. The van der Waals surface area contributed by atoms with Gasteiger partial charge in [0, 0.05) is 17.2 Å². The van der Waals surface area contributed by atoms with E-state index in [1.54, 1.807) is 38.3 Å². The number of carbonyl (C=O) groups is 1. The maximum Gasteiger partial charge on any atom is 0.363 e. The first-order valence-corrected chi connectivity index (χ1v) is 10.1. The van der Waals surface area contributed by atoms with Gasteiger partial charge in [-0.15, -0.1) is 0 Å². The van der Waals surface area contributed by atoms with Crippen molar-refractivity contribution in [2.24, 2.45) is 4.99 Å². The number of hydrogen-bond donors (Lipinski definition) is 0. The smallest absolute Gasteiger partial charge is 0.363 e. The second-order valence-corrected chi connectivity index (χ2v) is 7.96. The number of halogens is 1. The third-order valence-electron chi connectivity index (χ3n) is 4.18. The molecular weight excluding hydrogens is 503 g/mol. The average molecular weight is 522 g/mol. The van der Waals surface area contributed by atoms with E-state index < -0.39 is 10.9 Å². The third kappa shape index (κ3) is 4.61. The summed E-state index contributed by atoms with van der Waals surface area (Å²) in [4.78, 5) is 27.2. The number of benzene rings is 2. The van der Waals surface area contributed by atoms with Gasteiger partial charge in [-0.1, -0.05) is 6.07 Å². The van der Waals surface area contributed by atoms with Crippen molar-refractivity contribution in [2.45, 2.75) is 26.9 Å². The highest BCUT2D eigenvalue weighted by atomic mass is 127. The van der Waals surface area contributed by atoms with Gasteiger partial charge in [0.1, 0.15) is 0 Å². The van der Waals surface area contributed by atoms with Gasteiger partial charge in [0.2, 0.25) is 5.90 Å². The van der Waals surface area contributed by atoms with Gasteiger partial charge < -0.3 is 14.2 Å². The number of aliphatic imine (C=N–C) groups is 1. The topological polar surface area (TPSA) is 100 Å². The van der Waals surface area contributed by atoms with Crippen LogP contribution in [0, 0.1) is 20.6 Å². The van der Waals surface area contributed by atoms with Crippen molar-refractivity contribution in [1.29, 1.82) is 0 Å². The van der Waals surface area contributed by atoms with E-state index in [9.17, 15) is 14.9 Å². The quantitative estimate of drug-likeness (QED) is 0.180. The summed E-state index contributed by atoms with van der Waals surface area (Å²) in [5, 5.41) is 11.2. The molecule has 0 radical (unpaired) electrons. The molecule has 1 aliphatic rings. The molecule has 2 aromatic carbocycles. The van der Waals surface area contributed by atoms with E-state index in [0.717, 1.165) is 3.57 Å². The molecule has 0 bridgehead atoms. The average Bonchev–Trinajstić information content (AvgIpc) is 3.04. The molecule has 0 unspecified atom stereocenters. The van der Waals surface area contributed by atoms with Crippen molar-refractivity contribution in [3.8, 4) is 11.5 Å². The molecule has 0 amide bonds. The molecule has 0 spiro atoms. The summed E-state index contributed by atoms with van der Waals surface area (Å²) in [6.07, 6.45) is 1.55. The molecule has 0 aromatic heterocycles. The lowest BCUT2D eigenvalue weighted by atomic mass is 10.1. The summed E-state index contributed by atoms with van der Waals surface area (Å²) in [6.45, 7) is 5.48. The summed E-state index contributed by atoms with van der Waals surface area (Å²) >= 11 is 2.14. The van der Waals surface area contributed by atoms with Crippen molar-refractivity contribution in [1.82, 2.24) is 0 Å². The second-order valence-electron chi connectivity index (χ2n) is 6.80. The molecule has 1 heterocycles. The Hall–Kier alpha value is -2.95. The van der Waals surface area contributed by atoms with Crippen LogP contribution in [0.3, 0.4) is 0 Å². The number of methoxy groups -OCH3 is 1. The molecule has 9 heteroatoms. The van der Waals surface area contributed by atoms with E-state index in [-0.39, 0.29) is 23.4 Å². The van der Waals surface area contributed by atoms with E-state index in [1.165, 1.54) is 6.07 Å². The van der Waals surface area contributed by atoms with E-state index in [4.69, 9.17) is 14.2 Å². The molecule has 3 rings (SSSR count). The predicted octanol–water partition coefficient (Wildman–Crippen LogP) is 4.65. The first kappa shape index (κ1) is 21.8. The number of hydrogen-bond acceptors (Lipinski definition) is 7. The van der Waals surface area contributed by atoms with Crippen LogP contribution in [0.2, 0.25) is 0 Å². The van der Waals surface area contributed by atoms with Gasteiger partial charge in [-0.3, -0.25) is 10.1 Å². The molecule has 30 heavy (non-hydrogen) atoms. The Labute approximate surface area is 186 Å². The van der Waals surface area contributed by atoms with Gasteiger partial charge in [-0.2, -0.15) is 0 Å². The molecule has 156 valence electrons. The maximum absolute atomic E-state index is 12.3. The minimum atomic E-state index is -0.635. The Kier molecular flexibility index (Phi) is 6.40. The van der Waals surface area contributed by atoms with Crippen molar-refractivity contribution in [3.05, 3.63) is 66.4 Å². The first-order valence-electron chi connectivity index (χ1n) is 9.01. The fourth-order valence-corrected chi connectivity index (χ4v) is 3.56. The van der Waals surface area contributed by atoms with Crippen LogP contribution in [0.25, 0.3) is 6.08 Å². The predicted molar refractivity (Wildman–Crippen MR) is 120 cm³/mol. The van der Waals surface area contributed by atoms with Crippen molar-refractivity contribution in [3.63, 3.8) is 0 Å². The van der Waals surface area contributed by atoms with Crippen molar-refractivity contribution in [2.75, 3.05) is 7.11 Å². The van der Waals surface area contributed by atoms with Gasteiger partial charge >= 0.3 is 5.97 Å². The lowest BCUT2D eigenvalue weighted by molar-refractivity contribution is -0.385. The van der Waals surface area contributed by atoms with Gasteiger partial charge in [-0.25, -0.2) is 9.79 Å². The SMILES string of the molecule is COc1cc(/C=C2\N=C(c3ccc(C)c([N+](=O)[O-])c3)OC2=O)cc(I)c1OC(C)C. The van der Waals surface area contributed by atoms with Gasteiger partial charge in [0.15, 0.2) is 17.2 Å². The van der Waals surface area contributed by atoms with E-state index in [0.29, 0.717) is 28.2 Å². The molecule has 0 N–H and O–H groups in total. The van der Waals surface area contributed by atoms with Gasteiger partial charge in [-0.05, 0) is 73.2 Å². The fourth-order valence-electron chi connectivity index (χ4n) is 2.80. The lowest BCUT2D eigenvalue weighted by Crippen LogP contribution is -2.08. The number of esters is 1. The molecule has 1 aliphatic heterocycles. The van der Waals surface area contributed by atoms with Gasteiger partial charge in [0.25, 0.3) is 5.69 Å². The van der Waals surface area contributed by atoms with Crippen LogP contribution in [-0.2, 0) is 9.53 Å². The highest BCUT2D eigenvalue weighted by Crippen LogP contribution is 2.35. The summed E-state index contributed by atoms with van der Waals surface area (Å²) in [7, 11) is 1.54. The summed E-state index contributed by atoms with van der Waals surface area (Å²) in [5.41, 5.74) is 1.57. The minimum absolute atomic E-state index is 0.0212. The van der Waals surface area contributed by atoms with Gasteiger partial charge in [0.05, 0.1) is 21.7 Å². The maximum atomic E-state index is 12.3.